The Labute approximate surface area is 166 Å². The van der Waals surface area contributed by atoms with Crippen molar-refractivity contribution in [2.75, 3.05) is 0 Å². The first-order valence-electron chi connectivity index (χ1n) is 10.2. The summed E-state index contributed by atoms with van der Waals surface area (Å²) in [4.78, 5) is 0. The molecule has 138 valence electrons. The Morgan fingerprint density at radius 1 is 0.679 bits per heavy atom. The SMILES string of the molecule is CC1=c2ccc3c(ccc4ccccc43)c2=C(c2ccccc2)C(C)C1(C)C. The third-order valence-electron chi connectivity index (χ3n) is 7.17. The summed E-state index contributed by atoms with van der Waals surface area (Å²) in [6, 6.07) is 29.0. The van der Waals surface area contributed by atoms with Gasteiger partial charge in [0.2, 0.25) is 0 Å². The van der Waals surface area contributed by atoms with Gasteiger partial charge < -0.3 is 0 Å². The summed E-state index contributed by atoms with van der Waals surface area (Å²) in [5.41, 5.74) is 4.44. The van der Waals surface area contributed by atoms with E-state index in [4.69, 9.17) is 0 Å². The van der Waals surface area contributed by atoms with Crippen molar-refractivity contribution in [2.45, 2.75) is 27.7 Å². The second kappa shape index (κ2) is 6.07. The molecule has 5 rings (SSSR count). The van der Waals surface area contributed by atoms with E-state index in [-0.39, 0.29) is 5.41 Å². The molecule has 0 aliphatic heterocycles. The summed E-state index contributed by atoms with van der Waals surface area (Å²) in [5.74, 6) is 0.444. The molecule has 28 heavy (non-hydrogen) atoms. The zero-order valence-corrected chi connectivity index (χ0v) is 17.1. The third kappa shape index (κ3) is 2.31. The fraction of sp³-hybridized carbons (Fsp3) is 0.214. The number of hydrogen-bond acceptors (Lipinski definition) is 0. The third-order valence-corrected chi connectivity index (χ3v) is 7.17. The predicted molar refractivity (Wildman–Crippen MR) is 122 cm³/mol. The molecular formula is C28H26. The Morgan fingerprint density at radius 3 is 2.14 bits per heavy atom. The van der Waals surface area contributed by atoms with Gasteiger partial charge in [0.05, 0.1) is 0 Å². The van der Waals surface area contributed by atoms with Crippen molar-refractivity contribution < 1.29 is 0 Å². The molecule has 4 aromatic rings. The number of fused-ring (bicyclic) bond motifs is 5. The van der Waals surface area contributed by atoms with E-state index in [9.17, 15) is 0 Å². The van der Waals surface area contributed by atoms with Crippen LogP contribution in [0.3, 0.4) is 0 Å². The average Bonchev–Trinajstić information content (AvgIpc) is 2.73. The van der Waals surface area contributed by atoms with E-state index in [0.717, 1.165) is 0 Å². The van der Waals surface area contributed by atoms with Crippen LogP contribution >= 0.6 is 0 Å². The maximum atomic E-state index is 2.40. The molecular weight excluding hydrogens is 336 g/mol. The van der Waals surface area contributed by atoms with Gasteiger partial charge in [-0.25, -0.2) is 0 Å². The van der Waals surface area contributed by atoms with Crippen LogP contribution in [0, 0.1) is 11.3 Å². The summed E-state index contributed by atoms with van der Waals surface area (Å²) in [6.45, 7) is 9.51. The normalized spacial score (nSPS) is 18.5. The molecule has 0 saturated heterocycles. The van der Waals surface area contributed by atoms with Gasteiger partial charge in [0, 0.05) is 0 Å². The van der Waals surface area contributed by atoms with E-state index in [2.05, 4.69) is 107 Å². The van der Waals surface area contributed by atoms with Crippen molar-refractivity contribution in [2.24, 2.45) is 11.3 Å². The Bertz CT molecular complexity index is 1340. The molecule has 0 heterocycles. The molecule has 4 aromatic carbocycles. The van der Waals surface area contributed by atoms with Gasteiger partial charge in [-0.05, 0) is 61.4 Å². The highest BCUT2D eigenvalue weighted by Crippen LogP contribution is 2.43. The summed E-state index contributed by atoms with van der Waals surface area (Å²) < 4.78 is 0. The molecule has 0 aromatic heterocycles. The monoisotopic (exact) mass is 362 g/mol. The van der Waals surface area contributed by atoms with Crippen LogP contribution in [0.25, 0.3) is 32.7 Å². The van der Waals surface area contributed by atoms with Crippen molar-refractivity contribution in [1.29, 1.82) is 0 Å². The van der Waals surface area contributed by atoms with Crippen LogP contribution in [-0.2, 0) is 0 Å². The van der Waals surface area contributed by atoms with E-state index < -0.39 is 0 Å². The smallest absolute Gasteiger partial charge is 0.00644 e. The van der Waals surface area contributed by atoms with Gasteiger partial charge in [0.15, 0.2) is 0 Å². The number of benzene rings is 4. The fourth-order valence-electron chi connectivity index (χ4n) is 4.95. The quantitative estimate of drug-likeness (QED) is 0.362. The Morgan fingerprint density at radius 2 is 1.36 bits per heavy atom. The van der Waals surface area contributed by atoms with Crippen LogP contribution in [0.1, 0.15) is 33.3 Å². The average molecular weight is 363 g/mol. The second-order valence-electron chi connectivity index (χ2n) is 8.72. The van der Waals surface area contributed by atoms with E-state index in [1.807, 2.05) is 0 Å². The molecule has 0 amide bonds. The van der Waals surface area contributed by atoms with Crippen molar-refractivity contribution in [3.05, 3.63) is 94.9 Å². The maximum absolute atomic E-state index is 2.40. The molecule has 0 spiro atoms. The minimum Gasteiger partial charge on any atom is -0.0622 e. The first kappa shape index (κ1) is 17.3. The largest absolute Gasteiger partial charge is 0.0622 e. The number of hydrogen-bond donors (Lipinski definition) is 0. The highest BCUT2D eigenvalue weighted by atomic mass is 14.4. The van der Waals surface area contributed by atoms with Crippen LogP contribution < -0.4 is 10.4 Å². The lowest BCUT2D eigenvalue weighted by atomic mass is 9.65. The van der Waals surface area contributed by atoms with Gasteiger partial charge in [-0.1, -0.05) is 105 Å². The Hall–Kier alpha value is -2.86. The van der Waals surface area contributed by atoms with Gasteiger partial charge in [-0.3, -0.25) is 0 Å². The Kier molecular flexibility index (Phi) is 3.74. The highest BCUT2D eigenvalue weighted by molar-refractivity contribution is 6.08. The van der Waals surface area contributed by atoms with Crippen LogP contribution in [-0.4, -0.2) is 0 Å². The van der Waals surface area contributed by atoms with E-state index in [1.165, 1.54) is 48.7 Å². The van der Waals surface area contributed by atoms with Gasteiger partial charge in [0.25, 0.3) is 0 Å². The van der Waals surface area contributed by atoms with Crippen molar-refractivity contribution in [3.8, 4) is 0 Å². The molecule has 1 aliphatic carbocycles. The summed E-state index contributed by atoms with van der Waals surface area (Å²) in [5, 5.41) is 8.21. The van der Waals surface area contributed by atoms with E-state index in [0.29, 0.717) is 5.92 Å². The Balaban J connectivity index is 2.08. The lowest BCUT2D eigenvalue weighted by molar-refractivity contribution is 0.386. The summed E-state index contributed by atoms with van der Waals surface area (Å²) in [6.07, 6.45) is 0. The molecule has 1 unspecified atom stereocenters. The molecule has 0 radical (unpaired) electrons. The molecule has 1 atom stereocenters. The molecule has 0 N–H and O–H groups in total. The predicted octanol–water partition coefficient (Wildman–Crippen LogP) is 6.04. The van der Waals surface area contributed by atoms with Crippen LogP contribution in [0.15, 0.2) is 78.9 Å². The van der Waals surface area contributed by atoms with Crippen molar-refractivity contribution in [1.82, 2.24) is 0 Å². The topological polar surface area (TPSA) is 0 Å². The van der Waals surface area contributed by atoms with Gasteiger partial charge in [-0.15, -0.1) is 0 Å². The zero-order valence-electron chi connectivity index (χ0n) is 17.1. The molecule has 0 heteroatoms. The van der Waals surface area contributed by atoms with Gasteiger partial charge in [0.1, 0.15) is 0 Å². The fourth-order valence-corrected chi connectivity index (χ4v) is 4.95. The van der Waals surface area contributed by atoms with E-state index >= 15 is 0 Å². The second-order valence-corrected chi connectivity index (χ2v) is 8.72. The van der Waals surface area contributed by atoms with Crippen molar-refractivity contribution in [3.63, 3.8) is 0 Å². The number of rotatable bonds is 1. The molecule has 1 aliphatic rings. The lowest BCUT2D eigenvalue weighted by Crippen LogP contribution is -2.43. The van der Waals surface area contributed by atoms with Gasteiger partial charge >= 0.3 is 0 Å². The molecule has 0 saturated carbocycles. The maximum Gasteiger partial charge on any atom is -0.00644 e. The molecule has 0 fully saturated rings. The first-order chi connectivity index (χ1) is 13.5. The van der Waals surface area contributed by atoms with Gasteiger partial charge in [-0.2, -0.15) is 0 Å². The summed E-state index contributed by atoms with van der Waals surface area (Å²) in [7, 11) is 0. The first-order valence-corrected chi connectivity index (χ1v) is 10.2. The molecule has 0 nitrogen and oxygen atoms in total. The highest BCUT2D eigenvalue weighted by Gasteiger charge is 2.35. The van der Waals surface area contributed by atoms with Crippen molar-refractivity contribution >= 4 is 32.7 Å². The lowest BCUT2D eigenvalue weighted by Gasteiger charge is -2.38. The minimum absolute atomic E-state index is 0.128. The minimum atomic E-state index is 0.128. The van der Waals surface area contributed by atoms with Crippen LogP contribution in [0.4, 0.5) is 0 Å². The van der Waals surface area contributed by atoms with Crippen LogP contribution in [0.5, 0.6) is 0 Å². The van der Waals surface area contributed by atoms with E-state index in [1.54, 1.807) is 0 Å². The zero-order chi connectivity index (χ0) is 19.5. The van der Waals surface area contributed by atoms with Crippen LogP contribution in [0.2, 0.25) is 0 Å². The summed E-state index contributed by atoms with van der Waals surface area (Å²) >= 11 is 0. The molecule has 0 bridgehead atoms. The standard InChI is InChI=1S/C28H26/c1-18-22-16-17-24-23-13-9-8-10-20(23)14-15-25(24)27(22)26(19(2)28(18,3)4)21-11-6-5-7-12-21/h5-17,19H,1-4H3.